The molecule has 0 aliphatic carbocycles. The van der Waals surface area contributed by atoms with Gasteiger partial charge in [0.15, 0.2) is 15.7 Å². The zero-order chi connectivity index (χ0) is 19.3. The molecule has 0 radical (unpaired) electrons. The Morgan fingerprint density at radius 2 is 1.96 bits per heavy atom. The molecule has 0 saturated carbocycles. The molecule has 7 nitrogen and oxygen atoms in total. The summed E-state index contributed by atoms with van der Waals surface area (Å²) in [7, 11) is -3.61. The topological polar surface area (TPSA) is 102 Å². The number of aromatic nitrogens is 2. The van der Waals surface area contributed by atoms with E-state index >= 15 is 0 Å². The van der Waals surface area contributed by atoms with Crippen molar-refractivity contribution in [1.82, 2.24) is 15.5 Å². The maximum absolute atomic E-state index is 12.9. The third-order valence-electron chi connectivity index (χ3n) is 3.67. The first kappa shape index (κ1) is 19.2. The molecular formula is C17H16FN3O4S2. The SMILES string of the molecule is O=C(NCCc1cccs1)c1nc(CCS(=O)(=O)c2ccc(F)cc2)no1. The molecule has 142 valence electrons. The van der Waals surface area contributed by atoms with Gasteiger partial charge in [0.2, 0.25) is 0 Å². The summed E-state index contributed by atoms with van der Waals surface area (Å²) >= 11 is 1.60. The summed E-state index contributed by atoms with van der Waals surface area (Å²) in [5, 5.41) is 8.27. The minimum absolute atomic E-state index is 0.0129. The van der Waals surface area contributed by atoms with Crippen LogP contribution in [-0.4, -0.2) is 36.8 Å². The van der Waals surface area contributed by atoms with Crippen LogP contribution >= 0.6 is 11.3 Å². The summed E-state index contributed by atoms with van der Waals surface area (Å²) in [6, 6.07) is 8.48. The van der Waals surface area contributed by atoms with Crippen molar-refractivity contribution in [3.8, 4) is 0 Å². The lowest BCUT2D eigenvalue weighted by Gasteiger charge is -2.02. The molecule has 1 N–H and O–H groups in total. The summed E-state index contributed by atoms with van der Waals surface area (Å²) in [6.07, 6.45) is 0.673. The molecule has 0 atom stereocenters. The minimum atomic E-state index is -3.61. The fourth-order valence-electron chi connectivity index (χ4n) is 2.26. The molecule has 0 aliphatic heterocycles. The predicted octanol–water partition coefficient (Wildman–Crippen LogP) is 2.26. The van der Waals surface area contributed by atoms with E-state index in [0.29, 0.717) is 13.0 Å². The second-order valence-electron chi connectivity index (χ2n) is 5.62. The Balaban J connectivity index is 1.52. The Morgan fingerprint density at radius 3 is 2.67 bits per heavy atom. The van der Waals surface area contributed by atoms with Crippen molar-refractivity contribution < 1.29 is 22.1 Å². The van der Waals surface area contributed by atoms with Gasteiger partial charge in [-0.2, -0.15) is 4.98 Å². The fourth-order valence-corrected chi connectivity index (χ4v) is 4.21. The van der Waals surface area contributed by atoms with E-state index in [0.717, 1.165) is 17.0 Å². The maximum atomic E-state index is 12.9. The minimum Gasteiger partial charge on any atom is -0.347 e. The molecule has 0 bridgehead atoms. The number of nitrogens with one attached hydrogen (secondary N) is 1. The van der Waals surface area contributed by atoms with Crippen molar-refractivity contribution >= 4 is 27.1 Å². The maximum Gasteiger partial charge on any atom is 0.315 e. The molecule has 10 heteroatoms. The van der Waals surface area contributed by atoms with Crippen molar-refractivity contribution in [2.24, 2.45) is 0 Å². The zero-order valence-corrected chi connectivity index (χ0v) is 15.7. The molecule has 1 aromatic carbocycles. The third-order valence-corrected chi connectivity index (χ3v) is 6.33. The Labute approximate surface area is 159 Å². The van der Waals surface area contributed by atoms with E-state index in [2.05, 4.69) is 15.5 Å². The molecule has 0 spiro atoms. The highest BCUT2D eigenvalue weighted by atomic mass is 32.2. The van der Waals surface area contributed by atoms with E-state index in [4.69, 9.17) is 4.52 Å². The number of carbonyl (C=O) groups excluding carboxylic acids is 1. The van der Waals surface area contributed by atoms with Gasteiger partial charge in [0.25, 0.3) is 0 Å². The van der Waals surface area contributed by atoms with Crippen molar-refractivity contribution in [1.29, 1.82) is 0 Å². The summed E-state index contributed by atoms with van der Waals surface area (Å²) in [5.74, 6) is -1.40. The summed E-state index contributed by atoms with van der Waals surface area (Å²) < 4.78 is 42.2. The Kier molecular flexibility index (Phi) is 5.97. The molecule has 3 rings (SSSR count). The van der Waals surface area contributed by atoms with E-state index in [9.17, 15) is 17.6 Å². The van der Waals surface area contributed by atoms with Crippen LogP contribution in [0.2, 0.25) is 0 Å². The number of amides is 1. The Bertz CT molecular complexity index is 999. The van der Waals surface area contributed by atoms with Gasteiger partial charge >= 0.3 is 11.8 Å². The second kappa shape index (κ2) is 8.40. The lowest BCUT2D eigenvalue weighted by Crippen LogP contribution is -2.25. The number of hydrogen-bond acceptors (Lipinski definition) is 7. The van der Waals surface area contributed by atoms with Crippen molar-refractivity contribution in [2.75, 3.05) is 12.3 Å². The van der Waals surface area contributed by atoms with Crippen LogP contribution in [0, 0.1) is 5.82 Å². The molecule has 0 unspecified atom stereocenters. The van der Waals surface area contributed by atoms with Gasteiger partial charge in [-0.25, -0.2) is 12.8 Å². The number of hydrogen-bond donors (Lipinski definition) is 1. The first-order chi connectivity index (χ1) is 12.9. The highest BCUT2D eigenvalue weighted by molar-refractivity contribution is 7.91. The molecule has 2 aromatic heterocycles. The van der Waals surface area contributed by atoms with E-state index in [1.165, 1.54) is 12.1 Å². The summed E-state index contributed by atoms with van der Waals surface area (Å²) in [5.41, 5.74) is 0. The van der Waals surface area contributed by atoms with Gasteiger partial charge in [0, 0.05) is 17.8 Å². The average Bonchev–Trinajstić information content (AvgIpc) is 3.32. The van der Waals surface area contributed by atoms with E-state index in [1.807, 2.05) is 17.5 Å². The lowest BCUT2D eigenvalue weighted by atomic mass is 10.3. The Morgan fingerprint density at radius 1 is 1.19 bits per heavy atom. The van der Waals surface area contributed by atoms with E-state index < -0.39 is 21.6 Å². The quantitative estimate of drug-likeness (QED) is 0.573. The molecule has 27 heavy (non-hydrogen) atoms. The van der Waals surface area contributed by atoms with Crippen molar-refractivity contribution in [3.63, 3.8) is 0 Å². The highest BCUT2D eigenvalue weighted by Gasteiger charge is 2.19. The van der Waals surface area contributed by atoms with Gasteiger partial charge < -0.3 is 9.84 Å². The van der Waals surface area contributed by atoms with Gasteiger partial charge in [0.05, 0.1) is 10.6 Å². The molecule has 2 heterocycles. The third kappa shape index (κ3) is 5.20. The fraction of sp³-hybridized carbons (Fsp3) is 0.235. The van der Waals surface area contributed by atoms with Crippen LogP contribution in [0.1, 0.15) is 21.4 Å². The average molecular weight is 409 g/mol. The monoisotopic (exact) mass is 409 g/mol. The van der Waals surface area contributed by atoms with Crippen LogP contribution < -0.4 is 5.32 Å². The highest BCUT2D eigenvalue weighted by Crippen LogP contribution is 2.13. The first-order valence-corrected chi connectivity index (χ1v) is 10.6. The van der Waals surface area contributed by atoms with Crippen molar-refractivity contribution in [3.05, 3.63) is 64.2 Å². The van der Waals surface area contributed by atoms with Crippen LogP contribution in [0.5, 0.6) is 0 Å². The van der Waals surface area contributed by atoms with E-state index in [1.54, 1.807) is 11.3 Å². The second-order valence-corrected chi connectivity index (χ2v) is 8.77. The largest absolute Gasteiger partial charge is 0.347 e. The number of aryl methyl sites for hydroxylation is 1. The number of halogens is 1. The van der Waals surface area contributed by atoms with Gasteiger partial charge in [-0.05, 0) is 42.1 Å². The molecular weight excluding hydrogens is 393 g/mol. The normalized spacial score (nSPS) is 11.4. The first-order valence-electron chi connectivity index (χ1n) is 8.05. The zero-order valence-electron chi connectivity index (χ0n) is 14.1. The molecule has 1 amide bonds. The standard InChI is InChI=1S/C17H16FN3O4S2/c18-12-3-5-14(6-4-12)27(23,24)11-8-15-20-17(25-21-15)16(22)19-9-7-13-2-1-10-26-13/h1-6,10H,7-9,11H2,(H,19,22). The van der Waals surface area contributed by atoms with Gasteiger partial charge in [-0.1, -0.05) is 11.2 Å². The van der Waals surface area contributed by atoms with Crippen LogP contribution in [0.25, 0.3) is 0 Å². The number of sulfone groups is 1. The predicted molar refractivity (Wildman–Crippen MR) is 96.8 cm³/mol. The van der Waals surface area contributed by atoms with Crippen LogP contribution in [0.4, 0.5) is 4.39 Å². The van der Waals surface area contributed by atoms with Gasteiger partial charge in [-0.15, -0.1) is 11.3 Å². The van der Waals surface area contributed by atoms with Gasteiger partial charge in [-0.3, -0.25) is 4.79 Å². The van der Waals surface area contributed by atoms with Crippen molar-refractivity contribution in [2.45, 2.75) is 17.7 Å². The Hall–Kier alpha value is -2.59. The molecule has 0 aliphatic rings. The number of nitrogens with zero attached hydrogens (tertiary/aromatic N) is 2. The summed E-state index contributed by atoms with van der Waals surface area (Å²) in [6.45, 7) is 0.427. The lowest BCUT2D eigenvalue weighted by molar-refractivity contribution is 0.0910. The number of carbonyl (C=O) groups is 1. The molecule has 0 fully saturated rings. The van der Waals surface area contributed by atoms with Crippen LogP contribution in [0.15, 0.2) is 51.2 Å². The van der Waals surface area contributed by atoms with Crippen LogP contribution in [0.3, 0.4) is 0 Å². The molecule has 3 aromatic rings. The summed E-state index contributed by atoms with van der Waals surface area (Å²) in [4.78, 5) is 17.1. The number of benzene rings is 1. The van der Waals surface area contributed by atoms with Crippen LogP contribution in [-0.2, 0) is 22.7 Å². The van der Waals surface area contributed by atoms with E-state index in [-0.39, 0.29) is 28.8 Å². The smallest absolute Gasteiger partial charge is 0.315 e. The molecule has 0 saturated heterocycles. The number of thiophene rings is 1. The number of rotatable bonds is 8. The van der Waals surface area contributed by atoms with Gasteiger partial charge in [0.1, 0.15) is 5.82 Å².